The van der Waals surface area contributed by atoms with Crippen LogP contribution in [-0.4, -0.2) is 49.7 Å². The fraction of sp³-hybridized carbons (Fsp3) is 0.143. The van der Waals surface area contributed by atoms with E-state index in [4.69, 9.17) is 14.6 Å². The fourth-order valence-corrected chi connectivity index (χ4v) is 4.87. The van der Waals surface area contributed by atoms with E-state index in [0.29, 0.717) is 17.1 Å². The van der Waals surface area contributed by atoms with E-state index in [1.54, 1.807) is 24.3 Å². The van der Waals surface area contributed by atoms with E-state index in [1.807, 2.05) is 0 Å². The van der Waals surface area contributed by atoms with Crippen LogP contribution in [0.1, 0.15) is 5.69 Å². The lowest BCUT2D eigenvalue weighted by Crippen LogP contribution is -2.29. The highest BCUT2D eigenvalue weighted by Gasteiger charge is 2.24. The summed E-state index contributed by atoms with van der Waals surface area (Å²) < 4.78 is 48.1. The minimum atomic E-state index is -3.83. The van der Waals surface area contributed by atoms with Crippen molar-refractivity contribution >= 4 is 49.8 Å². The van der Waals surface area contributed by atoms with Crippen LogP contribution in [0.25, 0.3) is 0 Å². The highest BCUT2D eigenvalue weighted by Crippen LogP contribution is 2.35. The molecule has 3 aromatic rings. The van der Waals surface area contributed by atoms with Gasteiger partial charge in [-0.15, -0.1) is 0 Å². The number of carboxylic acids is 1. The van der Waals surface area contributed by atoms with Gasteiger partial charge in [0, 0.05) is 12.3 Å². The maximum atomic E-state index is 13.8. The van der Waals surface area contributed by atoms with Gasteiger partial charge >= 0.3 is 17.8 Å². The van der Waals surface area contributed by atoms with Gasteiger partial charge in [-0.3, -0.25) is 19.7 Å². The molecule has 11 nitrogen and oxygen atoms in total. The summed E-state index contributed by atoms with van der Waals surface area (Å²) in [7, 11) is -2.42. The van der Waals surface area contributed by atoms with Gasteiger partial charge in [0.05, 0.1) is 24.9 Å². The monoisotopic (exact) mass is 523 g/mol. The Bertz CT molecular complexity index is 1410. The number of nitrogens with zero attached hydrogens (tertiary/aromatic N) is 1. The molecule has 1 aromatic heterocycles. The van der Waals surface area contributed by atoms with E-state index < -0.39 is 39.9 Å². The van der Waals surface area contributed by atoms with Crippen LogP contribution in [0, 0.1) is 5.82 Å². The maximum absolute atomic E-state index is 13.8. The Kier molecular flexibility index (Phi) is 7.66. The van der Waals surface area contributed by atoms with Gasteiger partial charge in [-0.05, 0) is 24.3 Å². The summed E-state index contributed by atoms with van der Waals surface area (Å²) >= 11 is 0.509. The Morgan fingerprint density at radius 2 is 1.71 bits per heavy atom. The number of methoxy groups -OCH3 is 1. The molecule has 1 heterocycles. The quantitative estimate of drug-likeness (QED) is 0.377. The zero-order chi connectivity index (χ0) is 25.8. The first kappa shape index (κ1) is 25.6. The molecule has 184 valence electrons. The highest BCUT2D eigenvalue weighted by atomic mass is 32.2. The van der Waals surface area contributed by atoms with E-state index in [0.717, 1.165) is 18.4 Å². The lowest BCUT2D eigenvalue weighted by atomic mass is 10.2. The van der Waals surface area contributed by atoms with Gasteiger partial charge in [-0.2, -0.15) is 0 Å². The average molecular weight is 524 g/mol. The molecule has 0 fully saturated rings. The number of carbonyl (C=O) groups is 3. The van der Waals surface area contributed by atoms with Crippen LogP contribution in [-0.2, 0) is 30.6 Å². The van der Waals surface area contributed by atoms with E-state index in [-0.39, 0.29) is 32.2 Å². The zero-order valence-corrected chi connectivity index (χ0v) is 19.8. The minimum Gasteiger partial charge on any atom is -0.493 e. The number of aromatic nitrogens is 1. The molecule has 0 unspecified atom stereocenters. The molecular formula is C21H18FN3O8S2. The van der Waals surface area contributed by atoms with Crippen LogP contribution in [0.4, 0.5) is 15.2 Å². The molecule has 0 bridgehead atoms. The summed E-state index contributed by atoms with van der Waals surface area (Å²) in [4.78, 5) is 39.7. The van der Waals surface area contributed by atoms with Gasteiger partial charge < -0.3 is 19.9 Å². The first-order valence-corrected chi connectivity index (χ1v) is 12.3. The number of carbonyl (C=O) groups excluding carboxylic acids is 2. The summed E-state index contributed by atoms with van der Waals surface area (Å²) in [6.45, 7) is 0. The van der Waals surface area contributed by atoms with Crippen LogP contribution < -0.4 is 20.1 Å². The van der Waals surface area contributed by atoms with Crippen LogP contribution in [0.2, 0.25) is 0 Å². The van der Waals surface area contributed by atoms with Crippen molar-refractivity contribution in [1.29, 1.82) is 0 Å². The maximum Gasteiger partial charge on any atom is 0.315 e. The second-order valence-electron chi connectivity index (χ2n) is 6.90. The predicted octanol–water partition coefficient (Wildman–Crippen LogP) is 2.69. The van der Waals surface area contributed by atoms with Gasteiger partial charge in [-0.25, -0.2) is 17.8 Å². The minimum absolute atomic E-state index is 0.0417. The molecule has 0 aliphatic heterocycles. The van der Waals surface area contributed by atoms with Crippen LogP contribution in [0.5, 0.6) is 17.2 Å². The van der Waals surface area contributed by atoms with E-state index in [9.17, 15) is 27.2 Å². The molecule has 0 radical (unpaired) electrons. The number of thiazole rings is 1. The normalized spacial score (nSPS) is 10.9. The Balaban J connectivity index is 1.80. The van der Waals surface area contributed by atoms with Gasteiger partial charge in [0.2, 0.25) is 0 Å². The molecule has 14 heteroatoms. The van der Waals surface area contributed by atoms with Gasteiger partial charge in [0.15, 0.2) is 32.2 Å². The molecule has 0 aliphatic rings. The number of ether oxygens (including phenoxy) is 2. The van der Waals surface area contributed by atoms with E-state index in [1.165, 1.54) is 13.2 Å². The molecule has 3 N–H and O–H groups in total. The molecule has 0 aliphatic carbocycles. The van der Waals surface area contributed by atoms with Crippen molar-refractivity contribution in [3.63, 3.8) is 0 Å². The number of anilines is 2. The Morgan fingerprint density at radius 1 is 1.06 bits per heavy atom. The number of para-hydroxylation sites is 2. The second-order valence-corrected chi connectivity index (χ2v) is 10.1. The first-order chi connectivity index (χ1) is 16.5. The van der Waals surface area contributed by atoms with Gasteiger partial charge in [0.1, 0.15) is 10.0 Å². The molecule has 2 aromatic carbocycles. The van der Waals surface area contributed by atoms with Gasteiger partial charge in [-0.1, -0.05) is 23.5 Å². The molecular weight excluding hydrogens is 505 g/mol. The summed E-state index contributed by atoms with van der Waals surface area (Å²) in [5.41, 5.74) is -0.313. The summed E-state index contributed by atoms with van der Waals surface area (Å²) in [5.74, 6) is -3.97. The lowest BCUT2D eigenvalue weighted by Gasteiger charge is -2.14. The Hall–Kier alpha value is -4.04. The molecule has 0 saturated heterocycles. The molecule has 0 atom stereocenters. The number of benzene rings is 2. The Morgan fingerprint density at radius 3 is 2.34 bits per heavy atom. The van der Waals surface area contributed by atoms with Crippen molar-refractivity contribution in [1.82, 2.24) is 4.98 Å². The predicted molar refractivity (Wildman–Crippen MR) is 123 cm³/mol. The standard InChI is InChI=1S/C21H18FN3O8S2/c1-32-14-5-3-4-6-15(14)33-16-9-11(22)7-8-12(16)23-18(28)19(29)25-21-24-13(10-17(26)27)20(34-21)35(2,30)31/h3-9H,10H2,1-2H3,(H,23,28)(H,26,27)(H,24,25,29). The van der Waals surface area contributed by atoms with Crippen LogP contribution in [0.3, 0.4) is 0 Å². The SMILES string of the molecule is COc1ccccc1Oc1cc(F)ccc1NC(=O)C(=O)Nc1nc(CC(=O)O)c(S(C)(=O)=O)s1. The molecule has 3 rings (SSSR count). The third-order valence-corrected chi connectivity index (χ3v) is 7.10. The number of carboxylic acid groups (broad SMARTS) is 1. The van der Waals surface area contributed by atoms with Crippen molar-refractivity contribution < 1.29 is 41.8 Å². The number of halogens is 1. The number of hydrogen-bond acceptors (Lipinski definition) is 9. The smallest absolute Gasteiger partial charge is 0.315 e. The highest BCUT2D eigenvalue weighted by molar-refractivity contribution is 7.92. The number of amides is 2. The van der Waals surface area contributed by atoms with Gasteiger partial charge in [0.25, 0.3) is 0 Å². The number of sulfone groups is 1. The fourth-order valence-electron chi connectivity index (χ4n) is 2.77. The Labute approximate surface area is 202 Å². The largest absolute Gasteiger partial charge is 0.493 e. The number of nitrogens with one attached hydrogen (secondary N) is 2. The zero-order valence-electron chi connectivity index (χ0n) is 18.2. The average Bonchev–Trinajstić information content (AvgIpc) is 3.17. The molecule has 0 spiro atoms. The second kappa shape index (κ2) is 10.5. The third-order valence-electron chi connectivity index (χ3n) is 4.22. The summed E-state index contributed by atoms with van der Waals surface area (Å²) in [6.07, 6.45) is 0.169. The first-order valence-electron chi connectivity index (χ1n) is 9.62. The number of aliphatic carboxylic acids is 1. The third kappa shape index (κ3) is 6.51. The molecule has 2 amide bonds. The van der Waals surface area contributed by atoms with E-state index >= 15 is 0 Å². The van der Waals surface area contributed by atoms with Crippen molar-refractivity contribution in [3.05, 3.63) is 54.0 Å². The van der Waals surface area contributed by atoms with Crippen molar-refractivity contribution in [2.45, 2.75) is 10.6 Å². The van der Waals surface area contributed by atoms with Crippen LogP contribution >= 0.6 is 11.3 Å². The van der Waals surface area contributed by atoms with Crippen molar-refractivity contribution in [2.24, 2.45) is 0 Å². The van der Waals surface area contributed by atoms with E-state index in [2.05, 4.69) is 15.6 Å². The topological polar surface area (TPSA) is 161 Å². The van der Waals surface area contributed by atoms with Crippen LogP contribution in [0.15, 0.2) is 46.7 Å². The van der Waals surface area contributed by atoms with Crippen molar-refractivity contribution in [2.75, 3.05) is 24.0 Å². The summed E-state index contributed by atoms with van der Waals surface area (Å²) in [5, 5.41) is 13.1. The number of hydrogen-bond donors (Lipinski definition) is 3. The molecule has 0 saturated carbocycles. The summed E-state index contributed by atoms with van der Waals surface area (Å²) in [6, 6.07) is 9.73. The lowest BCUT2D eigenvalue weighted by molar-refractivity contribution is -0.136. The van der Waals surface area contributed by atoms with Crippen molar-refractivity contribution in [3.8, 4) is 17.2 Å². The number of rotatable bonds is 8. The molecule has 35 heavy (non-hydrogen) atoms.